The van der Waals surface area contributed by atoms with Crippen LogP contribution in [0.15, 0.2) is 67.1 Å². The van der Waals surface area contributed by atoms with Crippen molar-refractivity contribution in [2.75, 3.05) is 0 Å². The molecule has 0 saturated carbocycles. The lowest BCUT2D eigenvalue weighted by atomic mass is 10.2. The Hall–Kier alpha value is -3.01. The van der Waals surface area contributed by atoms with Crippen LogP contribution in [0.4, 0.5) is 0 Å². The number of hydrogen-bond acceptors (Lipinski definition) is 1. The van der Waals surface area contributed by atoms with Crippen LogP contribution in [0.5, 0.6) is 0 Å². The van der Waals surface area contributed by atoms with E-state index in [0.717, 1.165) is 27.5 Å². The normalized spacial score (nSPS) is 12.1. The summed E-state index contributed by atoms with van der Waals surface area (Å²) in [5, 5.41) is 1.05. The summed E-state index contributed by atoms with van der Waals surface area (Å²) in [6.45, 7) is 0. The highest BCUT2D eigenvalue weighted by atomic mass is 15.3. The maximum atomic E-state index is 4.24. The summed E-state index contributed by atoms with van der Waals surface area (Å²) in [5.74, 6) is 0. The standard InChI is InChI=1S/C18H16N4/c1-21-17-9-10-19-13-16(17)20-15(18-8-5-11-22(18)21)12-14-6-3-2-4-7-14/h2-13,20H,1H3. The van der Waals surface area contributed by atoms with Crippen LogP contribution >= 0.6 is 0 Å². The van der Waals surface area contributed by atoms with E-state index >= 15 is 0 Å². The van der Waals surface area contributed by atoms with E-state index in [2.05, 4.69) is 62.8 Å². The van der Waals surface area contributed by atoms with E-state index in [-0.39, 0.29) is 0 Å². The molecule has 3 aromatic heterocycles. The van der Waals surface area contributed by atoms with Crippen LogP contribution < -0.4 is 5.35 Å². The molecule has 4 aromatic rings. The first kappa shape index (κ1) is 12.7. The van der Waals surface area contributed by atoms with Gasteiger partial charge in [0.2, 0.25) is 0 Å². The Morgan fingerprint density at radius 1 is 1.00 bits per heavy atom. The molecule has 0 aliphatic heterocycles. The van der Waals surface area contributed by atoms with Crippen LogP contribution in [0.3, 0.4) is 0 Å². The fourth-order valence-electron chi connectivity index (χ4n) is 2.76. The molecule has 0 atom stereocenters. The van der Waals surface area contributed by atoms with Gasteiger partial charge in [0.25, 0.3) is 0 Å². The number of benzene rings is 1. The molecule has 0 aliphatic rings. The molecule has 0 spiro atoms. The van der Waals surface area contributed by atoms with Crippen molar-refractivity contribution >= 4 is 22.6 Å². The average molecular weight is 288 g/mol. The molecule has 108 valence electrons. The Balaban J connectivity index is 2.20. The monoisotopic (exact) mass is 288 g/mol. The number of aromatic nitrogens is 4. The van der Waals surface area contributed by atoms with Crippen LogP contribution in [-0.4, -0.2) is 19.2 Å². The summed E-state index contributed by atoms with van der Waals surface area (Å²) in [7, 11) is 2.05. The second-order valence-electron chi connectivity index (χ2n) is 5.25. The SMILES string of the molecule is Cn1c2ccncc2[nH]c(=Cc2ccccc2)c2cccn21. The highest BCUT2D eigenvalue weighted by Gasteiger charge is 2.01. The molecule has 1 aromatic carbocycles. The second kappa shape index (κ2) is 5.07. The van der Waals surface area contributed by atoms with Gasteiger partial charge in [0, 0.05) is 19.4 Å². The van der Waals surface area contributed by atoms with Gasteiger partial charge in [-0.05, 0) is 29.8 Å². The highest BCUT2D eigenvalue weighted by Crippen LogP contribution is 2.08. The van der Waals surface area contributed by atoms with E-state index in [9.17, 15) is 0 Å². The molecule has 22 heavy (non-hydrogen) atoms. The minimum absolute atomic E-state index is 0.996. The zero-order valence-corrected chi connectivity index (χ0v) is 12.3. The van der Waals surface area contributed by atoms with Gasteiger partial charge in [0.05, 0.1) is 28.1 Å². The predicted octanol–water partition coefficient (Wildman–Crippen LogP) is 2.83. The summed E-state index contributed by atoms with van der Waals surface area (Å²) in [6, 6.07) is 16.5. The van der Waals surface area contributed by atoms with E-state index in [0.29, 0.717) is 0 Å². The van der Waals surface area contributed by atoms with Crippen LogP contribution in [0.2, 0.25) is 0 Å². The first-order valence-corrected chi connectivity index (χ1v) is 7.22. The zero-order valence-electron chi connectivity index (χ0n) is 12.3. The Bertz CT molecular complexity index is 1030. The third-order valence-electron chi connectivity index (χ3n) is 3.85. The number of H-pyrrole nitrogens is 1. The summed E-state index contributed by atoms with van der Waals surface area (Å²) in [6.07, 6.45) is 7.89. The Labute approximate surface area is 127 Å². The van der Waals surface area contributed by atoms with Gasteiger partial charge in [-0.1, -0.05) is 30.3 Å². The third-order valence-corrected chi connectivity index (χ3v) is 3.85. The van der Waals surface area contributed by atoms with Gasteiger partial charge in [0.15, 0.2) is 0 Å². The van der Waals surface area contributed by atoms with Crippen molar-refractivity contribution in [3.8, 4) is 0 Å². The van der Waals surface area contributed by atoms with Gasteiger partial charge in [0.1, 0.15) is 0 Å². The van der Waals surface area contributed by atoms with Crippen LogP contribution in [0.1, 0.15) is 5.56 Å². The van der Waals surface area contributed by atoms with Gasteiger partial charge in [-0.3, -0.25) is 14.2 Å². The number of nitrogens with zero attached hydrogens (tertiary/aromatic N) is 3. The van der Waals surface area contributed by atoms with E-state index in [1.54, 1.807) is 0 Å². The minimum Gasteiger partial charge on any atom is -0.351 e. The number of aryl methyl sites for hydroxylation is 1. The Morgan fingerprint density at radius 2 is 1.86 bits per heavy atom. The number of rotatable bonds is 1. The first-order valence-electron chi connectivity index (χ1n) is 7.22. The quantitative estimate of drug-likeness (QED) is 0.574. The van der Waals surface area contributed by atoms with E-state index in [1.807, 2.05) is 36.7 Å². The summed E-state index contributed by atoms with van der Waals surface area (Å²) in [5.41, 5.74) is 4.36. The molecule has 1 N–H and O–H groups in total. The summed E-state index contributed by atoms with van der Waals surface area (Å²) >= 11 is 0. The molecule has 3 heterocycles. The van der Waals surface area contributed by atoms with Gasteiger partial charge in [-0.15, -0.1) is 0 Å². The van der Waals surface area contributed by atoms with Crippen LogP contribution in [-0.2, 0) is 7.05 Å². The molecule has 0 bridgehead atoms. The molecular formula is C18H16N4. The smallest absolute Gasteiger partial charge is 0.0861 e. The van der Waals surface area contributed by atoms with Crippen LogP contribution in [0, 0.1) is 0 Å². The van der Waals surface area contributed by atoms with Gasteiger partial charge >= 0.3 is 0 Å². The van der Waals surface area contributed by atoms with Crippen molar-refractivity contribution in [2.24, 2.45) is 7.05 Å². The number of hydrogen-bond donors (Lipinski definition) is 1. The number of fused-ring (bicyclic) bond motifs is 2. The lowest BCUT2D eigenvalue weighted by Gasteiger charge is -2.02. The van der Waals surface area contributed by atoms with Crippen molar-refractivity contribution in [3.63, 3.8) is 0 Å². The highest BCUT2D eigenvalue weighted by molar-refractivity contribution is 5.74. The summed E-state index contributed by atoms with van der Waals surface area (Å²) in [4.78, 5) is 7.75. The van der Waals surface area contributed by atoms with Crippen molar-refractivity contribution < 1.29 is 0 Å². The molecule has 0 radical (unpaired) electrons. The first-order chi connectivity index (χ1) is 10.8. The van der Waals surface area contributed by atoms with E-state index in [1.165, 1.54) is 0 Å². The third kappa shape index (κ3) is 2.05. The lowest BCUT2D eigenvalue weighted by Crippen LogP contribution is -2.08. The Morgan fingerprint density at radius 3 is 2.73 bits per heavy atom. The predicted molar refractivity (Wildman–Crippen MR) is 88.9 cm³/mol. The molecule has 4 heteroatoms. The molecule has 0 saturated heterocycles. The van der Waals surface area contributed by atoms with Gasteiger partial charge < -0.3 is 4.98 Å². The Kier molecular flexibility index (Phi) is 2.93. The van der Waals surface area contributed by atoms with Gasteiger partial charge in [-0.2, -0.15) is 0 Å². The lowest BCUT2D eigenvalue weighted by molar-refractivity contribution is 0.724. The van der Waals surface area contributed by atoms with Gasteiger partial charge in [-0.25, -0.2) is 0 Å². The van der Waals surface area contributed by atoms with E-state index < -0.39 is 0 Å². The molecule has 0 aliphatic carbocycles. The fourth-order valence-corrected chi connectivity index (χ4v) is 2.76. The molecular weight excluding hydrogens is 272 g/mol. The average Bonchev–Trinajstić information content (AvgIpc) is 3.01. The molecule has 0 amide bonds. The summed E-state index contributed by atoms with van der Waals surface area (Å²) < 4.78 is 4.25. The van der Waals surface area contributed by atoms with Crippen molar-refractivity contribution in [3.05, 3.63) is 78.0 Å². The number of pyridine rings is 1. The largest absolute Gasteiger partial charge is 0.351 e. The van der Waals surface area contributed by atoms with Crippen molar-refractivity contribution in [1.82, 2.24) is 19.2 Å². The number of nitrogens with one attached hydrogen (secondary N) is 1. The molecule has 0 unspecified atom stereocenters. The van der Waals surface area contributed by atoms with Crippen molar-refractivity contribution in [2.45, 2.75) is 0 Å². The number of aromatic amines is 1. The maximum Gasteiger partial charge on any atom is 0.0861 e. The van der Waals surface area contributed by atoms with E-state index in [4.69, 9.17) is 0 Å². The molecule has 0 fully saturated rings. The molecule has 4 rings (SSSR count). The topological polar surface area (TPSA) is 38.0 Å². The minimum atomic E-state index is 0.996. The second-order valence-corrected chi connectivity index (χ2v) is 5.25. The maximum absolute atomic E-state index is 4.24. The van der Waals surface area contributed by atoms with Crippen molar-refractivity contribution in [1.29, 1.82) is 0 Å². The van der Waals surface area contributed by atoms with Crippen LogP contribution in [0.25, 0.3) is 22.6 Å². The molecule has 4 nitrogen and oxygen atoms in total. The fraction of sp³-hybridized carbons (Fsp3) is 0.0556. The zero-order chi connectivity index (χ0) is 14.9.